The van der Waals surface area contributed by atoms with Crippen molar-refractivity contribution in [2.45, 2.75) is 13.0 Å². The van der Waals surface area contributed by atoms with Crippen molar-refractivity contribution in [3.63, 3.8) is 0 Å². The molecule has 17 heavy (non-hydrogen) atoms. The van der Waals surface area contributed by atoms with Gasteiger partial charge < -0.3 is 9.84 Å². The topological polar surface area (TPSA) is 101 Å². The second kappa shape index (κ2) is 6.44. The fourth-order valence-electron chi connectivity index (χ4n) is 0.879. The van der Waals surface area contributed by atoms with Crippen LogP contribution in [0.25, 0.3) is 0 Å². The molecule has 1 atom stereocenters. The first-order valence-electron chi connectivity index (χ1n) is 4.90. The molecular weight excluding hydrogens is 226 g/mol. The van der Waals surface area contributed by atoms with Crippen molar-refractivity contribution in [1.82, 2.24) is 10.4 Å². The van der Waals surface area contributed by atoms with Crippen LogP contribution in [0.2, 0.25) is 0 Å². The standard InChI is InChI=1S/C10H13N3O4/c1-7(10(15)16)17-6-9(14)13-12-8-4-2-3-5-11-8/h2-5,7H,6H2,1H3,(H,11,12)(H,13,14)(H,15,16)/t7-/m1/s1. The van der Waals surface area contributed by atoms with Crippen LogP contribution >= 0.6 is 0 Å². The van der Waals surface area contributed by atoms with Gasteiger partial charge in [-0.25, -0.2) is 9.78 Å². The smallest absolute Gasteiger partial charge is 0.332 e. The number of carbonyl (C=O) groups is 2. The summed E-state index contributed by atoms with van der Waals surface area (Å²) in [4.78, 5) is 25.5. The van der Waals surface area contributed by atoms with Gasteiger partial charge in [0.25, 0.3) is 5.91 Å². The summed E-state index contributed by atoms with van der Waals surface area (Å²) in [6.45, 7) is 1.01. The number of hydrogen-bond donors (Lipinski definition) is 3. The molecule has 92 valence electrons. The van der Waals surface area contributed by atoms with E-state index in [1.807, 2.05) is 0 Å². The number of aromatic nitrogens is 1. The number of nitrogens with one attached hydrogen (secondary N) is 2. The van der Waals surface area contributed by atoms with Gasteiger partial charge in [-0.2, -0.15) is 0 Å². The highest BCUT2D eigenvalue weighted by Gasteiger charge is 2.12. The lowest BCUT2D eigenvalue weighted by Crippen LogP contribution is -2.35. The molecule has 0 spiro atoms. The molecule has 0 aliphatic carbocycles. The van der Waals surface area contributed by atoms with Crippen molar-refractivity contribution in [1.29, 1.82) is 0 Å². The number of carboxylic acids is 1. The highest BCUT2D eigenvalue weighted by Crippen LogP contribution is 1.96. The Kier molecular flexibility index (Phi) is 4.89. The molecule has 0 radical (unpaired) electrons. The minimum atomic E-state index is -1.12. The molecular formula is C10H13N3O4. The number of carboxylic acid groups (broad SMARTS) is 1. The van der Waals surface area contributed by atoms with E-state index in [0.29, 0.717) is 5.82 Å². The number of carbonyl (C=O) groups excluding carboxylic acids is 1. The van der Waals surface area contributed by atoms with E-state index in [0.717, 1.165) is 0 Å². The summed E-state index contributed by atoms with van der Waals surface area (Å²) in [6.07, 6.45) is 0.549. The molecule has 0 aliphatic rings. The molecule has 0 saturated carbocycles. The summed E-state index contributed by atoms with van der Waals surface area (Å²) in [5.41, 5.74) is 4.88. The van der Waals surface area contributed by atoms with Crippen molar-refractivity contribution < 1.29 is 19.4 Å². The van der Waals surface area contributed by atoms with Crippen LogP contribution in [0, 0.1) is 0 Å². The minimum absolute atomic E-state index is 0.340. The summed E-state index contributed by atoms with van der Waals surface area (Å²) in [5.74, 6) is -1.12. The first kappa shape index (κ1) is 12.9. The maximum Gasteiger partial charge on any atom is 0.332 e. The fourth-order valence-corrected chi connectivity index (χ4v) is 0.879. The molecule has 0 bridgehead atoms. The maximum absolute atomic E-state index is 11.2. The Labute approximate surface area is 97.8 Å². The van der Waals surface area contributed by atoms with E-state index < -0.39 is 18.0 Å². The van der Waals surface area contributed by atoms with Crippen molar-refractivity contribution in [2.24, 2.45) is 0 Å². The molecule has 1 aromatic heterocycles. The first-order chi connectivity index (χ1) is 8.09. The predicted octanol–water partition coefficient (Wildman–Crippen LogP) is 0.0144. The van der Waals surface area contributed by atoms with Crippen LogP contribution in [0.4, 0.5) is 5.82 Å². The second-order valence-corrected chi connectivity index (χ2v) is 3.18. The first-order valence-corrected chi connectivity index (χ1v) is 4.90. The third-order valence-corrected chi connectivity index (χ3v) is 1.81. The van der Waals surface area contributed by atoms with E-state index in [-0.39, 0.29) is 6.61 Å². The summed E-state index contributed by atoms with van der Waals surface area (Å²) in [7, 11) is 0. The Morgan fingerprint density at radius 1 is 1.53 bits per heavy atom. The second-order valence-electron chi connectivity index (χ2n) is 3.18. The van der Waals surface area contributed by atoms with Gasteiger partial charge >= 0.3 is 5.97 Å². The molecule has 7 heteroatoms. The van der Waals surface area contributed by atoms with Crippen LogP contribution in [0.3, 0.4) is 0 Å². The van der Waals surface area contributed by atoms with Gasteiger partial charge in [0.2, 0.25) is 0 Å². The number of hydrazine groups is 1. The van der Waals surface area contributed by atoms with Crippen molar-refractivity contribution in [3.05, 3.63) is 24.4 Å². The van der Waals surface area contributed by atoms with Crippen LogP contribution in [0.5, 0.6) is 0 Å². The summed E-state index contributed by atoms with van der Waals surface area (Å²) in [5, 5.41) is 8.52. The third-order valence-electron chi connectivity index (χ3n) is 1.81. The van der Waals surface area contributed by atoms with Crippen LogP contribution in [-0.4, -0.2) is 34.7 Å². The molecule has 0 unspecified atom stereocenters. The average Bonchev–Trinajstić information content (AvgIpc) is 2.34. The zero-order valence-electron chi connectivity index (χ0n) is 9.21. The number of ether oxygens (including phenoxy) is 1. The number of hydrogen-bond acceptors (Lipinski definition) is 5. The Bertz CT molecular complexity index is 382. The Morgan fingerprint density at radius 2 is 2.29 bits per heavy atom. The Hall–Kier alpha value is -2.15. The molecule has 3 N–H and O–H groups in total. The molecule has 1 amide bonds. The highest BCUT2D eigenvalue weighted by molar-refractivity contribution is 5.79. The maximum atomic E-state index is 11.2. The van der Waals surface area contributed by atoms with Gasteiger partial charge in [-0.15, -0.1) is 0 Å². The third kappa shape index (κ3) is 4.94. The van der Waals surface area contributed by atoms with E-state index in [2.05, 4.69) is 15.8 Å². The van der Waals surface area contributed by atoms with Crippen LogP contribution in [0.15, 0.2) is 24.4 Å². The van der Waals surface area contributed by atoms with E-state index in [1.165, 1.54) is 6.92 Å². The highest BCUT2D eigenvalue weighted by atomic mass is 16.5. The lowest BCUT2D eigenvalue weighted by Gasteiger charge is -2.09. The lowest BCUT2D eigenvalue weighted by molar-refractivity contribution is -0.150. The predicted molar refractivity (Wildman–Crippen MR) is 59.1 cm³/mol. The number of rotatable bonds is 6. The molecule has 1 heterocycles. The number of pyridine rings is 1. The molecule has 7 nitrogen and oxygen atoms in total. The minimum Gasteiger partial charge on any atom is -0.479 e. The van der Waals surface area contributed by atoms with Gasteiger partial charge in [-0.3, -0.25) is 15.6 Å². The molecule has 1 aromatic rings. The molecule has 0 aliphatic heterocycles. The quantitative estimate of drug-likeness (QED) is 0.605. The monoisotopic (exact) mass is 239 g/mol. The normalized spacial score (nSPS) is 11.6. The lowest BCUT2D eigenvalue weighted by atomic mass is 10.4. The van der Waals surface area contributed by atoms with Crippen LogP contribution < -0.4 is 10.9 Å². The van der Waals surface area contributed by atoms with Gasteiger partial charge in [0.05, 0.1) is 0 Å². The zero-order valence-corrected chi connectivity index (χ0v) is 9.21. The van der Waals surface area contributed by atoms with Crippen LogP contribution in [0.1, 0.15) is 6.92 Å². The van der Waals surface area contributed by atoms with Gasteiger partial charge in [-0.1, -0.05) is 6.07 Å². The van der Waals surface area contributed by atoms with Gasteiger partial charge in [0.15, 0.2) is 6.10 Å². The SMILES string of the molecule is C[C@@H](OCC(=O)NNc1ccccn1)C(=O)O. The van der Waals surface area contributed by atoms with E-state index in [9.17, 15) is 9.59 Å². The van der Waals surface area contributed by atoms with E-state index in [4.69, 9.17) is 9.84 Å². The van der Waals surface area contributed by atoms with Gasteiger partial charge in [0.1, 0.15) is 12.4 Å². The Balaban J connectivity index is 2.24. The van der Waals surface area contributed by atoms with Gasteiger partial charge in [0, 0.05) is 6.20 Å². The Morgan fingerprint density at radius 3 is 2.88 bits per heavy atom. The number of anilines is 1. The van der Waals surface area contributed by atoms with Gasteiger partial charge in [-0.05, 0) is 19.1 Å². The number of aliphatic carboxylic acids is 1. The zero-order chi connectivity index (χ0) is 12.7. The van der Waals surface area contributed by atoms with Crippen LogP contribution in [-0.2, 0) is 14.3 Å². The molecule has 0 fully saturated rings. The average molecular weight is 239 g/mol. The van der Waals surface area contributed by atoms with Crippen molar-refractivity contribution in [3.8, 4) is 0 Å². The number of nitrogens with zero attached hydrogens (tertiary/aromatic N) is 1. The summed E-state index contributed by atoms with van der Waals surface area (Å²) < 4.78 is 4.78. The van der Waals surface area contributed by atoms with E-state index in [1.54, 1.807) is 24.4 Å². The number of amides is 1. The summed E-state index contributed by atoms with van der Waals surface area (Å²) >= 11 is 0. The molecule has 0 saturated heterocycles. The van der Waals surface area contributed by atoms with Crippen molar-refractivity contribution >= 4 is 17.7 Å². The fraction of sp³-hybridized carbons (Fsp3) is 0.300. The largest absolute Gasteiger partial charge is 0.479 e. The van der Waals surface area contributed by atoms with E-state index >= 15 is 0 Å². The summed E-state index contributed by atoms with van der Waals surface area (Å²) in [6, 6.07) is 5.16. The molecule has 0 aromatic carbocycles. The van der Waals surface area contributed by atoms with Crippen molar-refractivity contribution in [2.75, 3.05) is 12.0 Å². The molecule has 1 rings (SSSR count).